The van der Waals surface area contributed by atoms with E-state index in [-0.39, 0.29) is 5.69 Å². The van der Waals surface area contributed by atoms with Crippen LogP contribution in [-0.4, -0.2) is 32.3 Å². The molecule has 1 aliphatic rings. The molecule has 6 heteroatoms. The molecule has 0 N–H and O–H groups in total. The first-order chi connectivity index (χ1) is 9.13. The molecule has 102 valence electrons. The maximum atomic E-state index is 11.9. The number of aromatic nitrogens is 3. The second-order valence-electron chi connectivity index (χ2n) is 5.01. The molecule has 0 aromatic carbocycles. The Morgan fingerprint density at radius 2 is 2.16 bits per heavy atom. The van der Waals surface area contributed by atoms with Crippen molar-refractivity contribution in [3.63, 3.8) is 0 Å². The van der Waals surface area contributed by atoms with E-state index in [9.17, 15) is 4.79 Å². The summed E-state index contributed by atoms with van der Waals surface area (Å²) in [5, 5.41) is 4.27. The Balaban J connectivity index is 1.72. The molecular weight excluding hydrogens is 244 g/mol. The van der Waals surface area contributed by atoms with Gasteiger partial charge in [-0.3, -0.25) is 9.47 Å². The quantitative estimate of drug-likeness (QED) is 0.792. The summed E-state index contributed by atoms with van der Waals surface area (Å²) in [7, 11) is 1.70. The highest BCUT2D eigenvalue weighted by molar-refractivity contribution is 5.05. The zero-order chi connectivity index (χ0) is 13.4. The molecular formula is C13H18N4O2. The number of fused-ring (bicyclic) bond motifs is 1. The summed E-state index contributed by atoms with van der Waals surface area (Å²) >= 11 is 0. The van der Waals surface area contributed by atoms with Crippen molar-refractivity contribution >= 4 is 0 Å². The van der Waals surface area contributed by atoms with Crippen molar-refractivity contribution < 1.29 is 4.42 Å². The van der Waals surface area contributed by atoms with Gasteiger partial charge in [0.1, 0.15) is 17.3 Å². The molecule has 0 unspecified atom stereocenters. The molecule has 1 aliphatic heterocycles. The summed E-state index contributed by atoms with van der Waals surface area (Å²) in [6.07, 6.45) is 0.801. The molecule has 6 nitrogen and oxygen atoms in total. The van der Waals surface area contributed by atoms with Gasteiger partial charge in [-0.25, -0.2) is 9.48 Å². The number of hydrogen-bond donors (Lipinski definition) is 0. The Hall–Kier alpha value is -1.82. The van der Waals surface area contributed by atoms with Crippen LogP contribution < -0.4 is 5.69 Å². The average Bonchev–Trinajstić information content (AvgIpc) is 2.82. The highest BCUT2D eigenvalue weighted by Crippen LogP contribution is 2.12. The van der Waals surface area contributed by atoms with E-state index in [1.165, 1.54) is 4.68 Å². The third-order valence-corrected chi connectivity index (χ3v) is 3.55. The van der Waals surface area contributed by atoms with Crippen LogP contribution in [0.1, 0.15) is 17.3 Å². The molecule has 0 radical (unpaired) electrons. The predicted octanol–water partition coefficient (Wildman–Crippen LogP) is 0.542. The molecule has 0 bridgehead atoms. The lowest BCUT2D eigenvalue weighted by Gasteiger charge is -2.17. The summed E-state index contributed by atoms with van der Waals surface area (Å²) in [4.78, 5) is 14.2. The first kappa shape index (κ1) is 12.2. The molecule has 0 fully saturated rings. The minimum absolute atomic E-state index is 0.0225. The average molecular weight is 262 g/mol. The monoisotopic (exact) mass is 262 g/mol. The Morgan fingerprint density at radius 1 is 1.32 bits per heavy atom. The Morgan fingerprint density at radius 3 is 2.89 bits per heavy atom. The lowest BCUT2D eigenvalue weighted by Crippen LogP contribution is -2.29. The van der Waals surface area contributed by atoms with Crippen molar-refractivity contribution in [1.29, 1.82) is 0 Å². The van der Waals surface area contributed by atoms with Crippen molar-refractivity contribution in [3.05, 3.63) is 40.0 Å². The van der Waals surface area contributed by atoms with E-state index in [1.54, 1.807) is 11.6 Å². The minimum atomic E-state index is -0.0225. The van der Waals surface area contributed by atoms with Crippen molar-refractivity contribution in [2.45, 2.75) is 26.4 Å². The molecule has 0 aliphatic carbocycles. The van der Waals surface area contributed by atoms with Crippen LogP contribution in [0, 0.1) is 6.92 Å². The van der Waals surface area contributed by atoms with Gasteiger partial charge >= 0.3 is 5.69 Å². The summed E-state index contributed by atoms with van der Waals surface area (Å²) in [5.74, 6) is 2.79. The number of rotatable bonds is 2. The Kier molecular flexibility index (Phi) is 3.02. The van der Waals surface area contributed by atoms with Gasteiger partial charge < -0.3 is 4.42 Å². The highest BCUT2D eigenvalue weighted by Gasteiger charge is 2.18. The molecule has 0 atom stereocenters. The van der Waals surface area contributed by atoms with E-state index in [1.807, 2.05) is 19.1 Å². The van der Waals surface area contributed by atoms with Crippen molar-refractivity contribution in [3.8, 4) is 0 Å². The van der Waals surface area contributed by atoms with E-state index < -0.39 is 0 Å². The van der Waals surface area contributed by atoms with Gasteiger partial charge in [0.25, 0.3) is 0 Å². The van der Waals surface area contributed by atoms with Crippen LogP contribution in [0.2, 0.25) is 0 Å². The molecule has 3 rings (SSSR count). The largest absolute Gasteiger partial charge is 0.465 e. The van der Waals surface area contributed by atoms with Crippen molar-refractivity contribution in [2.24, 2.45) is 7.05 Å². The van der Waals surface area contributed by atoms with Gasteiger partial charge in [-0.2, -0.15) is 5.10 Å². The van der Waals surface area contributed by atoms with Crippen LogP contribution in [-0.2, 0) is 26.6 Å². The van der Waals surface area contributed by atoms with Crippen LogP contribution in [0.5, 0.6) is 0 Å². The first-order valence-corrected chi connectivity index (χ1v) is 6.54. The van der Waals surface area contributed by atoms with Crippen LogP contribution in [0.15, 0.2) is 21.3 Å². The van der Waals surface area contributed by atoms with E-state index >= 15 is 0 Å². The van der Waals surface area contributed by atoms with E-state index in [0.717, 1.165) is 43.4 Å². The van der Waals surface area contributed by atoms with Gasteiger partial charge in [0.2, 0.25) is 0 Å². The molecule has 2 aromatic rings. The van der Waals surface area contributed by atoms with E-state index in [2.05, 4.69) is 10.00 Å². The van der Waals surface area contributed by atoms with Crippen molar-refractivity contribution in [1.82, 2.24) is 19.2 Å². The second-order valence-corrected chi connectivity index (χ2v) is 5.01. The number of nitrogens with zero attached hydrogens (tertiary/aromatic N) is 4. The summed E-state index contributed by atoms with van der Waals surface area (Å²) in [6.45, 7) is 5.18. The molecule has 2 aromatic heterocycles. The molecule has 0 amide bonds. The predicted molar refractivity (Wildman–Crippen MR) is 69.9 cm³/mol. The lowest BCUT2D eigenvalue weighted by atomic mass is 10.3. The van der Waals surface area contributed by atoms with Gasteiger partial charge in [-0.05, 0) is 19.1 Å². The van der Waals surface area contributed by atoms with Crippen LogP contribution >= 0.6 is 0 Å². The normalized spacial score (nSPS) is 16.3. The van der Waals surface area contributed by atoms with Gasteiger partial charge in [0, 0.05) is 33.1 Å². The van der Waals surface area contributed by atoms with Crippen LogP contribution in [0.25, 0.3) is 0 Å². The fourth-order valence-electron chi connectivity index (χ4n) is 2.52. The molecule has 3 heterocycles. The van der Waals surface area contributed by atoms with Gasteiger partial charge in [0.15, 0.2) is 0 Å². The maximum absolute atomic E-state index is 11.9. The number of hydrogen-bond acceptors (Lipinski definition) is 4. The number of aryl methyl sites for hydroxylation is 2. The lowest BCUT2D eigenvalue weighted by molar-refractivity contribution is 0.246. The van der Waals surface area contributed by atoms with E-state index in [0.29, 0.717) is 6.54 Å². The fraction of sp³-hybridized carbons (Fsp3) is 0.538. The third kappa shape index (κ3) is 2.35. The zero-order valence-corrected chi connectivity index (χ0v) is 11.3. The van der Waals surface area contributed by atoms with Gasteiger partial charge in [-0.15, -0.1) is 0 Å². The van der Waals surface area contributed by atoms with Crippen LogP contribution in [0.4, 0.5) is 0 Å². The van der Waals surface area contributed by atoms with E-state index in [4.69, 9.17) is 4.42 Å². The third-order valence-electron chi connectivity index (χ3n) is 3.55. The molecule has 19 heavy (non-hydrogen) atoms. The maximum Gasteiger partial charge on any atom is 0.345 e. The second kappa shape index (κ2) is 4.70. The SMILES string of the molecule is Cc1ccc(CN2CCc3nn(C)c(=O)n3CC2)o1. The highest BCUT2D eigenvalue weighted by atomic mass is 16.3. The standard InChI is InChI=1S/C13H18N4O2/c1-10-3-4-11(19-10)9-16-6-5-12-14-15(2)13(18)17(12)8-7-16/h3-4H,5-9H2,1-2H3. The van der Waals surface area contributed by atoms with Crippen molar-refractivity contribution in [2.75, 3.05) is 13.1 Å². The molecule has 0 saturated heterocycles. The summed E-state index contributed by atoms with van der Waals surface area (Å²) < 4.78 is 8.79. The Labute approximate surface area is 111 Å². The molecule has 0 saturated carbocycles. The Bertz CT molecular complexity index is 637. The van der Waals surface area contributed by atoms with Gasteiger partial charge in [-0.1, -0.05) is 0 Å². The summed E-state index contributed by atoms with van der Waals surface area (Å²) in [5.41, 5.74) is -0.0225. The minimum Gasteiger partial charge on any atom is -0.465 e. The zero-order valence-electron chi connectivity index (χ0n) is 11.3. The fourth-order valence-corrected chi connectivity index (χ4v) is 2.52. The summed E-state index contributed by atoms with van der Waals surface area (Å²) in [6, 6.07) is 3.99. The first-order valence-electron chi connectivity index (χ1n) is 6.54. The smallest absolute Gasteiger partial charge is 0.345 e. The van der Waals surface area contributed by atoms with Crippen LogP contribution in [0.3, 0.4) is 0 Å². The molecule has 0 spiro atoms. The number of furan rings is 1. The topological polar surface area (TPSA) is 56.2 Å². The van der Waals surface area contributed by atoms with Gasteiger partial charge in [0.05, 0.1) is 6.54 Å².